The highest BCUT2D eigenvalue weighted by Crippen LogP contribution is 2.09. The first-order valence-corrected chi connectivity index (χ1v) is 8.63. The molecule has 0 heterocycles. The normalized spacial score (nSPS) is 10.2. The van der Waals surface area contributed by atoms with Crippen molar-refractivity contribution in [2.24, 2.45) is 0 Å². The van der Waals surface area contributed by atoms with Crippen LogP contribution in [0.5, 0.6) is 0 Å². The number of carbonyl (C=O) groups is 3. The molecule has 0 bridgehead atoms. The van der Waals surface area contributed by atoms with Crippen LogP contribution in [0, 0.1) is 0 Å². The molecule has 0 radical (unpaired) electrons. The van der Waals surface area contributed by atoms with Crippen LogP contribution in [-0.2, 0) is 23.9 Å². The van der Waals surface area contributed by atoms with Crippen molar-refractivity contribution >= 4 is 17.9 Å². The molecule has 0 saturated heterocycles. The predicted molar refractivity (Wildman–Crippen MR) is 90.5 cm³/mol. The number of carboxylic acids is 1. The van der Waals surface area contributed by atoms with Gasteiger partial charge in [0.25, 0.3) is 0 Å². The van der Waals surface area contributed by atoms with Crippen LogP contribution >= 0.6 is 0 Å². The smallest absolute Gasteiger partial charge is 0.333 e. The molecule has 0 aliphatic heterocycles. The largest absolute Gasteiger partial charge is 0.481 e. The summed E-state index contributed by atoms with van der Waals surface area (Å²) in [5, 5.41) is 8.44. The number of carbonyl (C=O) groups excluding carboxylic acids is 2. The third-order valence-electron chi connectivity index (χ3n) is 3.43. The summed E-state index contributed by atoms with van der Waals surface area (Å²) in [4.78, 5) is 32.6. The molecule has 0 aromatic carbocycles. The lowest BCUT2D eigenvalue weighted by atomic mass is 10.1. The monoisotopic (exact) mass is 342 g/mol. The zero-order valence-corrected chi connectivity index (χ0v) is 14.7. The van der Waals surface area contributed by atoms with Crippen molar-refractivity contribution in [1.29, 1.82) is 0 Å². The maximum absolute atomic E-state index is 11.2. The molecule has 0 aromatic heterocycles. The molecule has 0 fully saturated rings. The van der Waals surface area contributed by atoms with Gasteiger partial charge in [-0.1, -0.05) is 45.1 Å². The Hall–Kier alpha value is -1.85. The molecule has 0 unspecified atom stereocenters. The van der Waals surface area contributed by atoms with E-state index in [2.05, 4.69) is 6.58 Å². The van der Waals surface area contributed by atoms with Crippen molar-refractivity contribution in [2.45, 2.75) is 71.1 Å². The van der Waals surface area contributed by atoms with Crippen LogP contribution in [0.15, 0.2) is 12.2 Å². The van der Waals surface area contributed by atoms with Gasteiger partial charge in [0, 0.05) is 5.57 Å². The Bertz CT molecular complexity index is 402. The minimum atomic E-state index is -0.985. The Morgan fingerprint density at radius 3 is 1.71 bits per heavy atom. The minimum absolute atomic E-state index is 0.0585. The molecule has 0 saturated carbocycles. The molecule has 0 aromatic rings. The molecule has 0 atom stereocenters. The third kappa shape index (κ3) is 15.1. The minimum Gasteiger partial charge on any atom is -0.481 e. The van der Waals surface area contributed by atoms with Crippen LogP contribution in [0.2, 0.25) is 0 Å². The van der Waals surface area contributed by atoms with Gasteiger partial charge in [0.1, 0.15) is 0 Å². The van der Waals surface area contributed by atoms with Crippen molar-refractivity contribution in [3.05, 3.63) is 12.2 Å². The molecule has 0 aliphatic rings. The topological polar surface area (TPSA) is 89.9 Å². The second kappa shape index (κ2) is 14.7. The highest BCUT2D eigenvalue weighted by molar-refractivity contribution is 5.86. The molecule has 0 aliphatic carbocycles. The van der Waals surface area contributed by atoms with E-state index in [-0.39, 0.29) is 18.8 Å². The number of carboxylic acid groups (broad SMARTS) is 1. The van der Waals surface area contributed by atoms with Crippen LogP contribution in [-0.4, -0.2) is 36.2 Å². The summed E-state index contributed by atoms with van der Waals surface area (Å²) in [5.74, 6) is -1.75. The number of hydrogen-bond donors (Lipinski definition) is 1. The summed E-state index contributed by atoms with van der Waals surface area (Å²) in [6.45, 7) is 5.99. The van der Waals surface area contributed by atoms with Crippen molar-refractivity contribution in [3.63, 3.8) is 0 Å². The van der Waals surface area contributed by atoms with Gasteiger partial charge >= 0.3 is 17.9 Å². The molecular formula is C18H30O6. The van der Waals surface area contributed by atoms with Gasteiger partial charge in [-0.05, 0) is 19.8 Å². The van der Waals surface area contributed by atoms with E-state index in [1.165, 1.54) is 0 Å². The maximum atomic E-state index is 11.2. The van der Waals surface area contributed by atoms with Crippen molar-refractivity contribution in [2.75, 3.05) is 13.2 Å². The van der Waals surface area contributed by atoms with Gasteiger partial charge in [0.2, 0.25) is 0 Å². The lowest BCUT2D eigenvalue weighted by Gasteiger charge is -2.05. The number of hydrogen-bond acceptors (Lipinski definition) is 5. The first-order chi connectivity index (χ1) is 11.4. The predicted octanol–water partition coefficient (Wildman–Crippen LogP) is 3.63. The van der Waals surface area contributed by atoms with Crippen molar-refractivity contribution in [3.8, 4) is 0 Å². The Morgan fingerprint density at radius 1 is 0.792 bits per heavy atom. The van der Waals surface area contributed by atoms with E-state index in [9.17, 15) is 14.4 Å². The number of esters is 2. The second-order valence-electron chi connectivity index (χ2n) is 5.86. The van der Waals surface area contributed by atoms with E-state index >= 15 is 0 Å². The molecule has 6 heteroatoms. The van der Waals surface area contributed by atoms with Crippen LogP contribution in [0.4, 0.5) is 0 Å². The fraction of sp³-hybridized carbons (Fsp3) is 0.722. The third-order valence-corrected chi connectivity index (χ3v) is 3.43. The van der Waals surface area contributed by atoms with Gasteiger partial charge in [-0.3, -0.25) is 9.59 Å². The summed E-state index contributed by atoms with van der Waals surface area (Å²) in [6, 6.07) is 0. The van der Waals surface area contributed by atoms with E-state index < -0.39 is 11.9 Å². The van der Waals surface area contributed by atoms with Gasteiger partial charge < -0.3 is 14.6 Å². The molecule has 24 heavy (non-hydrogen) atoms. The van der Waals surface area contributed by atoms with Gasteiger partial charge in [-0.15, -0.1) is 0 Å². The Labute approximate surface area is 144 Å². The average Bonchev–Trinajstić information content (AvgIpc) is 2.53. The molecule has 138 valence electrons. The van der Waals surface area contributed by atoms with Gasteiger partial charge in [-0.2, -0.15) is 0 Å². The zero-order valence-electron chi connectivity index (χ0n) is 14.7. The van der Waals surface area contributed by atoms with Crippen molar-refractivity contribution in [1.82, 2.24) is 0 Å². The molecule has 1 N–H and O–H groups in total. The Balaban J connectivity index is 3.23. The Kier molecular flexibility index (Phi) is 13.6. The Morgan fingerprint density at radius 2 is 1.25 bits per heavy atom. The van der Waals surface area contributed by atoms with Crippen molar-refractivity contribution < 1.29 is 29.0 Å². The van der Waals surface area contributed by atoms with Gasteiger partial charge in [0.15, 0.2) is 0 Å². The van der Waals surface area contributed by atoms with E-state index in [1.807, 2.05) is 0 Å². The summed E-state index contributed by atoms with van der Waals surface area (Å²) < 4.78 is 9.96. The number of unbranched alkanes of at least 4 members (excludes halogenated alkanes) is 7. The first kappa shape index (κ1) is 22.1. The van der Waals surface area contributed by atoms with E-state index in [4.69, 9.17) is 14.6 Å². The quantitative estimate of drug-likeness (QED) is 0.278. The van der Waals surface area contributed by atoms with Crippen LogP contribution in [0.3, 0.4) is 0 Å². The fourth-order valence-electron chi connectivity index (χ4n) is 2.02. The zero-order chi connectivity index (χ0) is 18.2. The number of rotatable bonds is 15. The molecule has 0 rings (SSSR count). The lowest BCUT2D eigenvalue weighted by molar-refractivity contribution is -0.147. The van der Waals surface area contributed by atoms with Gasteiger partial charge in [-0.25, -0.2) is 4.79 Å². The van der Waals surface area contributed by atoms with E-state index in [1.54, 1.807) is 6.92 Å². The molecule has 0 amide bonds. The SMILES string of the molecule is C=C(C)C(=O)OCCCCCCCCCCOC(=O)CCC(=O)O. The summed E-state index contributed by atoms with van der Waals surface area (Å²) in [6.07, 6.45) is 8.01. The second-order valence-corrected chi connectivity index (χ2v) is 5.86. The fourth-order valence-corrected chi connectivity index (χ4v) is 2.02. The number of ether oxygens (including phenoxy) is 2. The summed E-state index contributed by atoms with van der Waals surface area (Å²) in [5.41, 5.74) is 0.433. The number of aliphatic carboxylic acids is 1. The highest BCUT2D eigenvalue weighted by Gasteiger charge is 2.06. The van der Waals surface area contributed by atoms with E-state index in [0.717, 1.165) is 51.4 Å². The van der Waals surface area contributed by atoms with E-state index in [0.29, 0.717) is 18.8 Å². The van der Waals surface area contributed by atoms with Crippen LogP contribution in [0.1, 0.15) is 71.1 Å². The average molecular weight is 342 g/mol. The molecule has 6 nitrogen and oxygen atoms in total. The first-order valence-electron chi connectivity index (χ1n) is 8.63. The lowest BCUT2D eigenvalue weighted by Crippen LogP contribution is -2.08. The standard InChI is InChI=1S/C18H30O6/c1-15(2)18(22)24-14-10-8-6-4-3-5-7-9-13-23-17(21)12-11-16(19)20/h1,3-14H2,2H3,(H,19,20). The maximum Gasteiger partial charge on any atom is 0.333 e. The van der Waals surface area contributed by atoms with Gasteiger partial charge in [0.05, 0.1) is 26.1 Å². The summed E-state index contributed by atoms with van der Waals surface area (Å²) >= 11 is 0. The summed E-state index contributed by atoms with van der Waals surface area (Å²) in [7, 11) is 0. The molecule has 0 spiro atoms. The van der Waals surface area contributed by atoms with Crippen LogP contribution in [0.25, 0.3) is 0 Å². The highest BCUT2D eigenvalue weighted by atomic mass is 16.5. The molecular weight excluding hydrogens is 312 g/mol. The van der Waals surface area contributed by atoms with Crippen LogP contribution < -0.4 is 0 Å².